The molecule has 2 atom stereocenters. The summed E-state index contributed by atoms with van der Waals surface area (Å²) >= 11 is 6.18. The van der Waals surface area contributed by atoms with Gasteiger partial charge in [0.1, 0.15) is 18.5 Å². The van der Waals surface area contributed by atoms with E-state index in [-0.39, 0.29) is 17.2 Å². The van der Waals surface area contributed by atoms with Crippen LogP contribution in [0, 0.1) is 0 Å². The topological polar surface area (TPSA) is 64.6 Å². The van der Waals surface area contributed by atoms with Gasteiger partial charge in [0.25, 0.3) is 0 Å². The number of carbonyl (C=O) groups is 1. The monoisotopic (exact) mass is 359 g/mol. The Labute approximate surface area is 144 Å². The third-order valence-electron chi connectivity index (χ3n) is 3.23. The second-order valence-corrected chi connectivity index (χ2v) is 8.67. The summed E-state index contributed by atoms with van der Waals surface area (Å²) < 4.78 is 23.4. The van der Waals surface area contributed by atoms with Crippen LogP contribution >= 0.6 is 11.6 Å². The van der Waals surface area contributed by atoms with Crippen LogP contribution in [0.5, 0.6) is 11.5 Å². The minimum Gasteiger partial charge on any atom is -0.486 e. The third-order valence-corrected chi connectivity index (χ3v) is 5.13. The number of carbonyl (C=O) groups excluding carboxylic acids is 1. The van der Waals surface area contributed by atoms with Crippen molar-refractivity contribution in [3.05, 3.63) is 22.7 Å². The Morgan fingerprint density at radius 2 is 2.00 bits per heavy atom. The molecule has 1 heterocycles. The zero-order chi connectivity index (χ0) is 17.2. The number of ether oxygens (including phenoxy) is 2. The smallest absolute Gasteiger partial charge is 0.235 e. The van der Waals surface area contributed by atoms with E-state index in [0.29, 0.717) is 29.7 Å². The van der Waals surface area contributed by atoms with E-state index in [1.54, 1.807) is 19.1 Å². The van der Waals surface area contributed by atoms with Gasteiger partial charge in [0.2, 0.25) is 5.91 Å². The van der Waals surface area contributed by atoms with E-state index in [0.717, 1.165) is 5.56 Å². The zero-order valence-corrected chi connectivity index (χ0v) is 15.3. The van der Waals surface area contributed by atoms with Crippen LogP contribution in [0.2, 0.25) is 5.02 Å². The van der Waals surface area contributed by atoms with Crippen molar-refractivity contribution in [2.24, 2.45) is 0 Å². The number of hydrogen-bond acceptors (Lipinski definition) is 4. The van der Waals surface area contributed by atoms with Crippen molar-refractivity contribution in [1.29, 1.82) is 0 Å². The molecule has 23 heavy (non-hydrogen) atoms. The molecule has 1 aromatic carbocycles. The molecule has 128 valence electrons. The highest BCUT2D eigenvalue weighted by Gasteiger charge is 2.25. The van der Waals surface area contributed by atoms with Crippen LogP contribution < -0.4 is 14.8 Å². The maximum Gasteiger partial charge on any atom is 0.235 e. The largest absolute Gasteiger partial charge is 0.486 e. The fourth-order valence-electron chi connectivity index (χ4n) is 2.13. The molecule has 1 aromatic rings. The number of benzene rings is 1. The van der Waals surface area contributed by atoms with Crippen molar-refractivity contribution < 1.29 is 18.5 Å². The van der Waals surface area contributed by atoms with Crippen LogP contribution in [-0.2, 0) is 21.3 Å². The highest BCUT2D eigenvalue weighted by atomic mass is 35.5. The Bertz CT molecular complexity index is 627. The van der Waals surface area contributed by atoms with Gasteiger partial charge in [-0.25, -0.2) is 0 Å². The maximum absolute atomic E-state index is 12.5. The van der Waals surface area contributed by atoms with E-state index in [1.165, 1.54) is 0 Å². The molecular weight excluding hydrogens is 338 g/mol. The van der Waals surface area contributed by atoms with Crippen LogP contribution in [0.1, 0.15) is 33.3 Å². The fraction of sp³-hybridized carbons (Fsp3) is 0.562. The van der Waals surface area contributed by atoms with E-state index in [1.807, 2.05) is 20.8 Å². The molecule has 5 nitrogen and oxygen atoms in total. The average molecular weight is 360 g/mol. The first-order chi connectivity index (χ1) is 10.7. The number of halogens is 1. The number of rotatable bonds is 4. The lowest BCUT2D eigenvalue weighted by Crippen LogP contribution is -2.46. The van der Waals surface area contributed by atoms with E-state index in [2.05, 4.69) is 5.32 Å². The van der Waals surface area contributed by atoms with E-state index in [4.69, 9.17) is 21.1 Å². The molecule has 0 radical (unpaired) electrons. The van der Waals surface area contributed by atoms with Crippen molar-refractivity contribution in [3.63, 3.8) is 0 Å². The Hall–Kier alpha value is -1.27. The van der Waals surface area contributed by atoms with Gasteiger partial charge in [-0.1, -0.05) is 11.6 Å². The van der Waals surface area contributed by atoms with Crippen LogP contribution in [0.15, 0.2) is 12.1 Å². The standard InChI is InChI=1S/C16H22ClNO4S/c1-10(15(19)18-16(2,3)4)23(20)9-11-7-12(17)14-13(8-11)21-5-6-22-14/h7-8,10H,5-6,9H2,1-4H3,(H,18,19)/t10-,23-/m1/s1. The molecule has 0 saturated heterocycles. The summed E-state index contributed by atoms with van der Waals surface area (Å²) in [4.78, 5) is 12.1. The summed E-state index contributed by atoms with van der Waals surface area (Å²) in [6.45, 7) is 8.25. The van der Waals surface area contributed by atoms with Crippen molar-refractivity contribution >= 4 is 28.3 Å². The summed E-state index contributed by atoms with van der Waals surface area (Å²) in [5.41, 5.74) is 0.406. The first-order valence-corrected chi connectivity index (χ1v) is 9.20. The van der Waals surface area contributed by atoms with Crippen molar-refractivity contribution in [2.45, 2.75) is 44.2 Å². The quantitative estimate of drug-likeness (QED) is 0.897. The summed E-state index contributed by atoms with van der Waals surface area (Å²) in [7, 11) is -1.36. The molecule has 2 rings (SSSR count). The Morgan fingerprint density at radius 1 is 1.35 bits per heavy atom. The molecule has 0 unspecified atom stereocenters. The summed E-state index contributed by atoms with van der Waals surface area (Å²) in [5, 5.41) is 2.67. The SMILES string of the molecule is C[C@H](C(=O)NC(C)(C)C)[S@](=O)Cc1cc(Cl)c2c(c1)OCCO2. The Kier molecular flexibility index (Phi) is 5.57. The van der Waals surface area contributed by atoms with Crippen molar-refractivity contribution in [2.75, 3.05) is 13.2 Å². The fourth-order valence-corrected chi connectivity index (χ4v) is 3.46. The second kappa shape index (κ2) is 7.09. The molecular formula is C16H22ClNO4S. The van der Waals surface area contributed by atoms with Gasteiger partial charge in [0, 0.05) is 22.1 Å². The number of nitrogens with one attached hydrogen (secondary N) is 1. The van der Waals surface area contributed by atoms with Crippen LogP contribution in [-0.4, -0.2) is 34.1 Å². The molecule has 0 spiro atoms. The van der Waals surface area contributed by atoms with Gasteiger partial charge < -0.3 is 14.8 Å². The summed E-state index contributed by atoms with van der Waals surface area (Å²) in [6, 6.07) is 3.48. The van der Waals surface area contributed by atoms with E-state index in [9.17, 15) is 9.00 Å². The van der Waals surface area contributed by atoms with Gasteiger partial charge in [-0.2, -0.15) is 0 Å². The molecule has 0 saturated carbocycles. The minimum absolute atomic E-state index is 0.223. The molecule has 1 amide bonds. The van der Waals surface area contributed by atoms with Gasteiger partial charge in [-0.05, 0) is 45.4 Å². The lowest BCUT2D eigenvalue weighted by molar-refractivity contribution is -0.121. The lowest BCUT2D eigenvalue weighted by atomic mass is 10.1. The molecule has 0 fully saturated rings. The molecule has 1 aliphatic heterocycles. The molecule has 1 N–H and O–H groups in total. The second-order valence-electron chi connectivity index (χ2n) is 6.51. The Morgan fingerprint density at radius 3 is 2.65 bits per heavy atom. The molecule has 0 bridgehead atoms. The molecule has 7 heteroatoms. The minimum atomic E-state index is -1.36. The van der Waals surface area contributed by atoms with Gasteiger partial charge in [-0.3, -0.25) is 9.00 Å². The average Bonchev–Trinajstić information content (AvgIpc) is 2.44. The number of fused-ring (bicyclic) bond motifs is 1. The highest BCUT2D eigenvalue weighted by molar-refractivity contribution is 7.85. The first-order valence-electron chi connectivity index (χ1n) is 7.44. The first kappa shape index (κ1) is 18.1. The van der Waals surface area contributed by atoms with Gasteiger partial charge in [-0.15, -0.1) is 0 Å². The maximum atomic E-state index is 12.5. The van der Waals surface area contributed by atoms with Gasteiger partial charge in [0.15, 0.2) is 11.5 Å². The normalized spacial score (nSPS) is 16.6. The third kappa shape index (κ3) is 4.85. The molecule has 1 aliphatic rings. The van der Waals surface area contributed by atoms with Crippen LogP contribution in [0.4, 0.5) is 0 Å². The van der Waals surface area contributed by atoms with Crippen LogP contribution in [0.25, 0.3) is 0 Å². The summed E-state index contributed by atoms with van der Waals surface area (Å²) in [5.74, 6) is 1.09. The lowest BCUT2D eigenvalue weighted by Gasteiger charge is -2.23. The zero-order valence-electron chi connectivity index (χ0n) is 13.8. The Balaban J connectivity index is 2.08. The van der Waals surface area contributed by atoms with Crippen molar-refractivity contribution in [1.82, 2.24) is 5.32 Å². The predicted molar refractivity (Wildman–Crippen MR) is 91.6 cm³/mol. The highest BCUT2D eigenvalue weighted by Crippen LogP contribution is 2.38. The van der Waals surface area contributed by atoms with E-state index >= 15 is 0 Å². The van der Waals surface area contributed by atoms with E-state index < -0.39 is 16.0 Å². The predicted octanol–water partition coefficient (Wildman–Crippen LogP) is 2.66. The van der Waals surface area contributed by atoms with Crippen LogP contribution in [0.3, 0.4) is 0 Å². The van der Waals surface area contributed by atoms with Gasteiger partial charge in [0.05, 0.1) is 5.02 Å². The number of hydrogen-bond donors (Lipinski definition) is 1. The van der Waals surface area contributed by atoms with Gasteiger partial charge >= 0.3 is 0 Å². The van der Waals surface area contributed by atoms with Crippen molar-refractivity contribution in [3.8, 4) is 11.5 Å². The number of amides is 1. The summed E-state index contributed by atoms with van der Waals surface area (Å²) in [6.07, 6.45) is 0. The molecule has 0 aromatic heterocycles. The molecule has 0 aliphatic carbocycles.